The first-order chi connectivity index (χ1) is 17.6. The molecule has 0 radical (unpaired) electrons. The smallest absolute Gasteiger partial charge is 0.325 e. The molecule has 0 unspecified atom stereocenters. The number of nitrogens with zero attached hydrogens (tertiary/aromatic N) is 3. The van der Waals surface area contributed by atoms with Gasteiger partial charge in [-0.25, -0.2) is 4.79 Å². The highest BCUT2D eigenvalue weighted by Gasteiger charge is 2.57. The van der Waals surface area contributed by atoms with Crippen molar-refractivity contribution in [1.82, 2.24) is 20.1 Å². The van der Waals surface area contributed by atoms with Gasteiger partial charge in [-0.15, -0.1) is 11.3 Å². The molecule has 3 aromatic rings. The van der Waals surface area contributed by atoms with Crippen LogP contribution in [0.15, 0.2) is 72.4 Å². The molecule has 0 bridgehead atoms. The minimum absolute atomic E-state index is 0.170. The lowest BCUT2D eigenvalue weighted by atomic mass is 9.73. The van der Waals surface area contributed by atoms with E-state index in [2.05, 4.69) is 22.1 Å². The number of carbonyl (C=O) groups is 3. The second-order valence-electron chi connectivity index (χ2n) is 8.95. The molecule has 0 saturated carbocycles. The summed E-state index contributed by atoms with van der Waals surface area (Å²) in [7, 11) is 0. The SMILES string of the molecule is O=C(C#Cc1ccccc1)N1CCC([C@]2(c3cccnc3)NC(=O)N(CCc3cccs3)C2=O)CC1. The summed E-state index contributed by atoms with van der Waals surface area (Å²) in [5.41, 5.74) is 0.278. The van der Waals surface area contributed by atoms with Gasteiger partial charge in [0, 0.05) is 54.0 Å². The molecule has 2 aliphatic heterocycles. The third kappa shape index (κ3) is 4.62. The summed E-state index contributed by atoms with van der Waals surface area (Å²) in [6, 6.07) is 16.6. The monoisotopic (exact) mass is 498 g/mol. The number of hydrogen-bond donors (Lipinski definition) is 1. The van der Waals surface area contributed by atoms with Gasteiger partial charge < -0.3 is 10.2 Å². The Morgan fingerprint density at radius 1 is 1.08 bits per heavy atom. The van der Waals surface area contributed by atoms with Gasteiger partial charge in [-0.2, -0.15) is 0 Å². The van der Waals surface area contributed by atoms with E-state index in [0.717, 1.165) is 10.4 Å². The van der Waals surface area contributed by atoms with Crippen LogP contribution in [0.25, 0.3) is 0 Å². The molecular weight excluding hydrogens is 472 g/mol. The number of rotatable bonds is 5. The lowest BCUT2D eigenvalue weighted by Gasteiger charge is -2.40. The molecule has 5 rings (SSSR count). The summed E-state index contributed by atoms with van der Waals surface area (Å²) >= 11 is 1.61. The molecule has 182 valence electrons. The Hall–Kier alpha value is -3.96. The van der Waals surface area contributed by atoms with Crippen LogP contribution in [0.5, 0.6) is 0 Å². The second-order valence-corrected chi connectivity index (χ2v) is 9.98. The van der Waals surface area contributed by atoms with E-state index in [9.17, 15) is 14.4 Å². The maximum atomic E-state index is 13.9. The lowest BCUT2D eigenvalue weighted by molar-refractivity contribution is -0.135. The first-order valence-electron chi connectivity index (χ1n) is 12.0. The molecule has 36 heavy (non-hydrogen) atoms. The van der Waals surface area contributed by atoms with Crippen LogP contribution in [0.4, 0.5) is 4.79 Å². The molecule has 8 heteroatoms. The van der Waals surface area contributed by atoms with Crippen molar-refractivity contribution in [1.29, 1.82) is 0 Å². The average Bonchev–Trinajstić information content (AvgIpc) is 3.53. The lowest BCUT2D eigenvalue weighted by Crippen LogP contribution is -2.54. The number of benzene rings is 1. The van der Waals surface area contributed by atoms with E-state index in [4.69, 9.17) is 0 Å². The molecule has 4 amide bonds. The van der Waals surface area contributed by atoms with Crippen molar-refractivity contribution in [3.05, 3.63) is 88.4 Å². The molecule has 7 nitrogen and oxygen atoms in total. The number of likely N-dealkylation sites (tertiary alicyclic amines) is 1. The topological polar surface area (TPSA) is 82.6 Å². The van der Waals surface area contributed by atoms with Gasteiger partial charge in [-0.1, -0.05) is 36.3 Å². The van der Waals surface area contributed by atoms with Crippen LogP contribution in [0.3, 0.4) is 0 Å². The number of imide groups is 1. The van der Waals surface area contributed by atoms with E-state index in [1.165, 1.54) is 4.90 Å². The van der Waals surface area contributed by atoms with Crippen molar-refractivity contribution in [2.75, 3.05) is 19.6 Å². The predicted molar refractivity (Wildman–Crippen MR) is 137 cm³/mol. The van der Waals surface area contributed by atoms with Gasteiger partial charge in [0.2, 0.25) is 0 Å². The molecule has 2 fully saturated rings. The fourth-order valence-electron chi connectivity index (χ4n) is 5.02. The standard InChI is InChI=1S/C28H26N4O3S/c33-25(11-10-21-6-2-1-3-7-21)31-16-12-22(13-17-31)28(23-8-4-15-29-20-23)26(34)32(27(35)30-28)18-14-24-9-5-19-36-24/h1-9,15,19-20,22H,12-14,16-18H2,(H,30,35)/t28-/m1/s1. The minimum Gasteiger partial charge on any atom is -0.332 e. The Bertz CT molecular complexity index is 1290. The van der Waals surface area contributed by atoms with Gasteiger partial charge in [0.25, 0.3) is 11.8 Å². The van der Waals surface area contributed by atoms with Crippen molar-refractivity contribution >= 4 is 29.2 Å². The van der Waals surface area contributed by atoms with Crippen molar-refractivity contribution < 1.29 is 14.4 Å². The number of pyridine rings is 1. The van der Waals surface area contributed by atoms with Crippen LogP contribution in [0, 0.1) is 17.8 Å². The normalized spacial score (nSPS) is 20.1. The number of aromatic nitrogens is 1. The van der Waals surface area contributed by atoms with E-state index < -0.39 is 5.54 Å². The van der Waals surface area contributed by atoms with Crippen molar-refractivity contribution in [2.45, 2.75) is 24.8 Å². The highest BCUT2D eigenvalue weighted by molar-refractivity contribution is 7.09. The third-order valence-electron chi connectivity index (χ3n) is 6.89. The molecule has 1 atom stereocenters. The van der Waals surface area contributed by atoms with Crippen molar-refractivity contribution in [3.63, 3.8) is 0 Å². The number of carbonyl (C=O) groups excluding carboxylic acids is 3. The van der Waals surface area contributed by atoms with Crippen LogP contribution >= 0.6 is 11.3 Å². The molecule has 1 N–H and O–H groups in total. The quantitative estimate of drug-likeness (QED) is 0.432. The number of piperidine rings is 1. The first-order valence-corrected chi connectivity index (χ1v) is 12.9. The van der Waals surface area contributed by atoms with E-state index in [1.807, 2.05) is 53.9 Å². The van der Waals surface area contributed by atoms with Gasteiger partial charge in [-0.3, -0.25) is 19.5 Å². The molecule has 4 heterocycles. The largest absolute Gasteiger partial charge is 0.332 e. The van der Waals surface area contributed by atoms with Crippen LogP contribution in [-0.2, 0) is 21.5 Å². The highest BCUT2D eigenvalue weighted by Crippen LogP contribution is 2.41. The van der Waals surface area contributed by atoms with Crippen molar-refractivity contribution in [3.8, 4) is 11.8 Å². The predicted octanol–water partition coefficient (Wildman–Crippen LogP) is 3.42. The summed E-state index contributed by atoms with van der Waals surface area (Å²) in [4.78, 5) is 48.1. The maximum Gasteiger partial charge on any atom is 0.325 e. The Balaban J connectivity index is 1.33. The number of urea groups is 1. The first kappa shape index (κ1) is 23.8. The van der Waals surface area contributed by atoms with Crippen molar-refractivity contribution in [2.24, 2.45) is 5.92 Å². The van der Waals surface area contributed by atoms with Crippen LogP contribution < -0.4 is 5.32 Å². The summed E-state index contributed by atoms with van der Waals surface area (Å²) in [6.45, 7) is 1.25. The number of amides is 4. The zero-order valence-electron chi connectivity index (χ0n) is 19.7. The molecule has 2 aliphatic rings. The van der Waals surface area contributed by atoms with Gasteiger partial charge in [0.15, 0.2) is 5.54 Å². The molecular formula is C28H26N4O3S. The average molecular weight is 499 g/mol. The number of thiophene rings is 1. The Morgan fingerprint density at radius 2 is 1.89 bits per heavy atom. The zero-order valence-corrected chi connectivity index (χ0v) is 20.5. The summed E-state index contributed by atoms with van der Waals surface area (Å²) in [5, 5.41) is 5.03. The summed E-state index contributed by atoms with van der Waals surface area (Å²) in [5.74, 6) is 5.00. The Labute approximate surface area is 214 Å². The Kier molecular flexibility index (Phi) is 6.83. The minimum atomic E-state index is -1.19. The molecule has 0 spiro atoms. The van der Waals surface area contributed by atoms with E-state index in [1.54, 1.807) is 34.7 Å². The number of nitrogens with one attached hydrogen (secondary N) is 1. The zero-order chi connectivity index (χ0) is 25.0. The maximum absolute atomic E-state index is 13.9. The fraction of sp³-hybridized carbons (Fsp3) is 0.286. The van der Waals surface area contributed by atoms with Gasteiger partial charge in [0.05, 0.1) is 0 Å². The molecule has 0 aliphatic carbocycles. The van der Waals surface area contributed by atoms with Crippen LogP contribution in [0.2, 0.25) is 0 Å². The Morgan fingerprint density at radius 3 is 2.58 bits per heavy atom. The van der Waals surface area contributed by atoms with Crippen LogP contribution in [0.1, 0.15) is 28.8 Å². The van der Waals surface area contributed by atoms with Gasteiger partial charge in [-0.05, 0) is 54.8 Å². The fourth-order valence-corrected chi connectivity index (χ4v) is 5.72. The van der Waals surface area contributed by atoms with E-state index >= 15 is 0 Å². The molecule has 1 aromatic carbocycles. The summed E-state index contributed by atoms with van der Waals surface area (Å²) in [6.07, 6.45) is 5.06. The summed E-state index contributed by atoms with van der Waals surface area (Å²) < 4.78 is 0. The van der Waals surface area contributed by atoms with Gasteiger partial charge in [0.1, 0.15) is 0 Å². The molecule has 2 aromatic heterocycles. The van der Waals surface area contributed by atoms with Crippen LogP contribution in [-0.4, -0.2) is 52.3 Å². The highest BCUT2D eigenvalue weighted by atomic mass is 32.1. The van der Waals surface area contributed by atoms with E-state index in [0.29, 0.717) is 44.5 Å². The third-order valence-corrected chi connectivity index (χ3v) is 7.83. The molecule has 2 saturated heterocycles. The number of hydrogen-bond acceptors (Lipinski definition) is 5. The van der Waals surface area contributed by atoms with E-state index in [-0.39, 0.29) is 23.8 Å². The second kappa shape index (κ2) is 10.3. The van der Waals surface area contributed by atoms with Gasteiger partial charge >= 0.3 is 6.03 Å².